The summed E-state index contributed by atoms with van der Waals surface area (Å²) < 4.78 is 2.29. The molecule has 0 N–H and O–H groups in total. The van der Waals surface area contributed by atoms with Gasteiger partial charge in [-0.3, -0.25) is 0 Å². The van der Waals surface area contributed by atoms with Gasteiger partial charge in [-0.2, -0.15) is 0 Å². The SMILES string of the molecule is CC(C)(C)c1cn(C(c2ccccc2)(c2ccccc2)c2ccc(-c3ccccc3)cc2)cn1. The van der Waals surface area contributed by atoms with Gasteiger partial charge in [-0.1, -0.05) is 136 Å². The van der Waals surface area contributed by atoms with Gasteiger partial charge in [0.2, 0.25) is 0 Å². The van der Waals surface area contributed by atoms with Crippen molar-refractivity contribution in [3.8, 4) is 11.1 Å². The first-order chi connectivity index (χ1) is 16.5. The van der Waals surface area contributed by atoms with Crippen molar-refractivity contribution in [3.05, 3.63) is 150 Å². The number of hydrogen-bond donors (Lipinski definition) is 0. The molecule has 0 aliphatic rings. The molecule has 0 unspecified atom stereocenters. The van der Waals surface area contributed by atoms with Crippen LogP contribution in [0.1, 0.15) is 43.2 Å². The zero-order chi connectivity index (χ0) is 23.6. The molecule has 0 bridgehead atoms. The van der Waals surface area contributed by atoms with Crippen molar-refractivity contribution in [2.45, 2.75) is 31.7 Å². The Labute approximate surface area is 202 Å². The zero-order valence-corrected chi connectivity index (χ0v) is 20.0. The third kappa shape index (κ3) is 3.86. The molecule has 0 atom stereocenters. The van der Waals surface area contributed by atoms with Gasteiger partial charge in [-0.25, -0.2) is 4.98 Å². The van der Waals surface area contributed by atoms with Gasteiger partial charge in [0.15, 0.2) is 0 Å². The Balaban J connectivity index is 1.78. The van der Waals surface area contributed by atoms with Crippen LogP contribution in [0.15, 0.2) is 128 Å². The fourth-order valence-electron chi connectivity index (χ4n) is 4.73. The summed E-state index contributed by atoms with van der Waals surface area (Å²) in [4.78, 5) is 4.86. The number of aromatic nitrogens is 2. The van der Waals surface area contributed by atoms with Gasteiger partial charge >= 0.3 is 0 Å². The predicted octanol–water partition coefficient (Wildman–Crippen LogP) is 7.69. The molecule has 0 saturated heterocycles. The van der Waals surface area contributed by atoms with Gasteiger partial charge in [-0.05, 0) is 27.8 Å². The van der Waals surface area contributed by atoms with Gasteiger partial charge in [0.05, 0.1) is 12.0 Å². The summed E-state index contributed by atoms with van der Waals surface area (Å²) in [5, 5.41) is 0. The van der Waals surface area contributed by atoms with Crippen LogP contribution in [0.4, 0.5) is 0 Å². The number of imidazole rings is 1. The van der Waals surface area contributed by atoms with Gasteiger partial charge in [0, 0.05) is 11.6 Å². The first kappa shape index (κ1) is 21.9. The molecular formula is C32H30N2. The molecule has 5 aromatic rings. The summed E-state index contributed by atoms with van der Waals surface area (Å²) in [6, 6.07) is 41.0. The number of hydrogen-bond acceptors (Lipinski definition) is 1. The molecule has 2 nitrogen and oxygen atoms in total. The van der Waals surface area contributed by atoms with Gasteiger partial charge in [-0.15, -0.1) is 0 Å². The van der Waals surface area contributed by atoms with Gasteiger partial charge in [0.25, 0.3) is 0 Å². The van der Waals surface area contributed by atoms with E-state index in [1.165, 1.54) is 27.8 Å². The maximum Gasteiger partial charge on any atom is 0.121 e. The lowest BCUT2D eigenvalue weighted by molar-refractivity contribution is 0.510. The quantitative estimate of drug-likeness (QED) is 0.255. The molecule has 0 aliphatic carbocycles. The first-order valence-corrected chi connectivity index (χ1v) is 11.8. The Kier molecular flexibility index (Phi) is 5.67. The standard InChI is InChI=1S/C32H30N2/c1-31(2,3)30-23-34(24-33-30)32(27-15-9-5-10-16-27,28-17-11-6-12-18-28)29-21-19-26(20-22-29)25-13-7-4-8-14-25/h4-24H,1-3H3. The van der Waals surface area contributed by atoms with Crippen LogP contribution in [0, 0.1) is 0 Å². The second kappa shape index (κ2) is 8.79. The van der Waals surface area contributed by atoms with E-state index in [0.717, 1.165) is 5.69 Å². The molecule has 1 aromatic heterocycles. The Hall–Kier alpha value is -3.91. The normalized spacial score (nSPS) is 12.0. The van der Waals surface area contributed by atoms with E-state index in [-0.39, 0.29) is 5.41 Å². The number of nitrogens with zero attached hydrogens (tertiary/aromatic N) is 2. The Morgan fingerprint density at radius 3 is 1.44 bits per heavy atom. The molecule has 0 fully saturated rings. The molecule has 2 heteroatoms. The highest BCUT2D eigenvalue weighted by Gasteiger charge is 2.39. The second-order valence-electron chi connectivity index (χ2n) is 9.80. The van der Waals surface area contributed by atoms with E-state index in [2.05, 4.69) is 147 Å². The van der Waals surface area contributed by atoms with Crippen LogP contribution in [-0.4, -0.2) is 9.55 Å². The molecule has 5 rings (SSSR count). The minimum atomic E-state index is -0.547. The Bertz CT molecular complexity index is 1300. The average Bonchev–Trinajstić information content (AvgIpc) is 3.38. The monoisotopic (exact) mass is 442 g/mol. The fourth-order valence-corrected chi connectivity index (χ4v) is 4.73. The zero-order valence-electron chi connectivity index (χ0n) is 20.0. The lowest BCUT2D eigenvalue weighted by Crippen LogP contribution is -2.37. The van der Waals surface area contributed by atoms with Crippen LogP contribution in [0.25, 0.3) is 11.1 Å². The minimum absolute atomic E-state index is 0.0401. The second-order valence-corrected chi connectivity index (χ2v) is 9.80. The Morgan fingerprint density at radius 2 is 0.971 bits per heavy atom. The van der Waals surface area contributed by atoms with E-state index in [4.69, 9.17) is 4.98 Å². The fraction of sp³-hybridized carbons (Fsp3) is 0.156. The smallest absolute Gasteiger partial charge is 0.121 e. The maximum absolute atomic E-state index is 4.86. The predicted molar refractivity (Wildman–Crippen MR) is 141 cm³/mol. The minimum Gasteiger partial charge on any atom is -0.319 e. The van der Waals surface area contributed by atoms with E-state index >= 15 is 0 Å². The van der Waals surface area contributed by atoms with E-state index in [1.54, 1.807) is 0 Å². The average molecular weight is 443 g/mol. The largest absolute Gasteiger partial charge is 0.319 e. The van der Waals surface area contributed by atoms with Crippen LogP contribution >= 0.6 is 0 Å². The molecule has 0 spiro atoms. The lowest BCUT2D eigenvalue weighted by atomic mass is 9.76. The van der Waals surface area contributed by atoms with Crippen LogP contribution in [0.2, 0.25) is 0 Å². The molecule has 0 aliphatic heterocycles. The first-order valence-electron chi connectivity index (χ1n) is 11.8. The molecular weight excluding hydrogens is 412 g/mol. The summed E-state index contributed by atoms with van der Waals surface area (Å²) in [7, 11) is 0. The summed E-state index contributed by atoms with van der Waals surface area (Å²) in [5.41, 5.74) is 6.51. The van der Waals surface area contributed by atoms with Crippen LogP contribution < -0.4 is 0 Å². The van der Waals surface area contributed by atoms with E-state index in [9.17, 15) is 0 Å². The molecule has 0 amide bonds. The molecule has 34 heavy (non-hydrogen) atoms. The molecule has 1 heterocycles. The van der Waals surface area contributed by atoms with E-state index in [0.29, 0.717) is 0 Å². The molecule has 4 aromatic carbocycles. The molecule has 168 valence electrons. The van der Waals surface area contributed by atoms with E-state index in [1.807, 2.05) is 6.33 Å². The third-order valence-corrected chi connectivity index (χ3v) is 6.53. The molecule has 0 radical (unpaired) electrons. The third-order valence-electron chi connectivity index (χ3n) is 6.53. The lowest BCUT2D eigenvalue weighted by Gasteiger charge is -2.37. The highest BCUT2D eigenvalue weighted by atomic mass is 15.1. The number of benzene rings is 4. The Morgan fingerprint density at radius 1 is 0.529 bits per heavy atom. The van der Waals surface area contributed by atoms with E-state index < -0.39 is 5.54 Å². The van der Waals surface area contributed by atoms with Crippen molar-refractivity contribution in [3.63, 3.8) is 0 Å². The summed E-state index contributed by atoms with van der Waals surface area (Å²) in [6.45, 7) is 6.63. The summed E-state index contributed by atoms with van der Waals surface area (Å²) in [6.07, 6.45) is 4.21. The topological polar surface area (TPSA) is 17.8 Å². The van der Waals surface area contributed by atoms with Gasteiger partial charge in [0.1, 0.15) is 5.54 Å². The highest BCUT2D eigenvalue weighted by Crippen LogP contribution is 2.42. The van der Waals surface area contributed by atoms with Crippen LogP contribution in [-0.2, 0) is 11.0 Å². The highest BCUT2D eigenvalue weighted by molar-refractivity contribution is 5.64. The summed E-state index contributed by atoms with van der Waals surface area (Å²) in [5.74, 6) is 0. The van der Waals surface area contributed by atoms with Crippen LogP contribution in [0.3, 0.4) is 0 Å². The maximum atomic E-state index is 4.86. The molecule has 0 saturated carbocycles. The van der Waals surface area contributed by atoms with Crippen molar-refractivity contribution < 1.29 is 0 Å². The van der Waals surface area contributed by atoms with Crippen molar-refractivity contribution >= 4 is 0 Å². The summed E-state index contributed by atoms with van der Waals surface area (Å²) >= 11 is 0. The van der Waals surface area contributed by atoms with Crippen LogP contribution in [0.5, 0.6) is 0 Å². The van der Waals surface area contributed by atoms with Gasteiger partial charge < -0.3 is 4.57 Å². The van der Waals surface area contributed by atoms with Crippen molar-refractivity contribution in [1.29, 1.82) is 0 Å². The van der Waals surface area contributed by atoms with Crippen molar-refractivity contribution in [1.82, 2.24) is 9.55 Å². The van der Waals surface area contributed by atoms with Crippen molar-refractivity contribution in [2.75, 3.05) is 0 Å². The van der Waals surface area contributed by atoms with Crippen molar-refractivity contribution in [2.24, 2.45) is 0 Å². The number of rotatable bonds is 5.